The zero-order valence-corrected chi connectivity index (χ0v) is 17.3. The molecule has 0 bridgehead atoms. The molecule has 1 atom stereocenters. The van der Waals surface area contributed by atoms with Gasteiger partial charge in [0.25, 0.3) is 0 Å². The summed E-state index contributed by atoms with van der Waals surface area (Å²) in [5.74, 6) is 0.529. The van der Waals surface area contributed by atoms with Gasteiger partial charge in [-0.15, -0.1) is 0 Å². The molecule has 4 nitrogen and oxygen atoms in total. The third-order valence-corrected chi connectivity index (χ3v) is 4.91. The Balaban J connectivity index is 2.14. The third kappa shape index (κ3) is 5.78. The molecule has 140 valence electrons. The maximum atomic E-state index is 5.76. The number of nitrogens with zero attached hydrogens (tertiary/aromatic N) is 2. The van der Waals surface area contributed by atoms with Crippen LogP contribution in [0, 0.1) is 0 Å². The van der Waals surface area contributed by atoms with E-state index in [-0.39, 0.29) is 6.04 Å². The van der Waals surface area contributed by atoms with Crippen LogP contribution in [0.4, 0.5) is 5.69 Å². The number of hydrogen-bond acceptors (Lipinski definition) is 2. The van der Waals surface area contributed by atoms with E-state index in [0.717, 1.165) is 23.9 Å². The van der Waals surface area contributed by atoms with Crippen LogP contribution in [0.5, 0.6) is 0 Å². The van der Waals surface area contributed by atoms with Crippen LogP contribution in [-0.2, 0) is 0 Å². The Hall–Kier alpha value is -1.98. The Labute approximate surface area is 163 Å². The number of benzene rings is 1. The minimum atomic E-state index is 0.165. The van der Waals surface area contributed by atoms with Crippen molar-refractivity contribution in [3.05, 3.63) is 59.9 Å². The molecule has 5 heteroatoms. The summed E-state index contributed by atoms with van der Waals surface area (Å²) in [4.78, 5) is 7.90. The number of nitrogens with one attached hydrogen (secondary N) is 2. The number of pyridine rings is 1. The number of rotatable bonds is 7. The summed E-state index contributed by atoms with van der Waals surface area (Å²) in [7, 11) is 4.32. The number of hydrogen-bond donors (Lipinski definition) is 2. The fourth-order valence-corrected chi connectivity index (χ4v) is 3.13. The van der Waals surface area contributed by atoms with Crippen LogP contribution in [0.15, 0.2) is 48.8 Å². The van der Waals surface area contributed by atoms with Gasteiger partial charge in [0.05, 0.1) is 33.2 Å². The van der Waals surface area contributed by atoms with Crippen LogP contribution in [0.25, 0.3) is 0 Å². The summed E-state index contributed by atoms with van der Waals surface area (Å²) >= 11 is 5.76. The molecule has 2 aromatic rings. The SMILES string of the molecule is CC(C)c1ccc(NC(=S)N(CC[NH+](C)C)C(C)c2cccnc2)cc1. The highest BCUT2D eigenvalue weighted by atomic mass is 32.1. The summed E-state index contributed by atoms with van der Waals surface area (Å²) < 4.78 is 0. The summed E-state index contributed by atoms with van der Waals surface area (Å²) in [5, 5.41) is 4.16. The monoisotopic (exact) mass is 371 g/mol. The molecule has 1 aromatic heterocycles. The Kier molecular flexibility index (Phi) is 7.54. The molecule has 2 N–H and O–H groups in total. The normalized spacial score (nSPS) is 12.3. The van der Waals surface area contributed by atoms with Gasteiger partial charge in [-0.25, -0.2) is 0 Å². The standard InChI is InChI=1S/C21H30N4S/c1-16(2)18-8-10-20(11-9-18)23-21(26)25(14-13-24(4)5)17(3)19-7-6-12-22-15-19/h6-12,15-17H,13-14H2,1-5H3,(H,23,26)/p+1. The van der Waals surface area contributed by atoms with E-state index in [1.807, 2.05) is 12.3 Å². The Morgan fingerprint density at radius 3 is 2.35 bits per heavy atom. The summed E-state index contributed by atoms with van der Waals surface area (Å²) in [6, 6.07) is 12.8. The Bertz CT molecular complexity index is 683. The third-order valence-electron chi connectivity index (χ3n) is 4.58. The van der Waals surface area contributed by atoms with Crippen molar-refractivity contribution in [3.8, 4) is 0 Å². The molecule has 0 aliphatic carbocycles. The van der Waals surface area contributed by atoms with Crippen LogP contribution in [-0.4, -0.2) is 42.2 Å². The van der Waals surface area contributed by atoms with Gasteiger partial charge in [0, 0.05) is 18.1 Å². The van der Waals surface area contributed by atoms with Gasteiger partial charge >= 0.3 is 0 Å². The molecule has 2 rings (SSSR count). The first-order valence-electron chi connectivity index (χ1n) is 9.25. The van der Waals surface area contributed by atoms with Crippen LogP contribution < -0.4 is 10.2 Å². The van der Waals surface area contributed by atoms with Crippen LogP contribution in [0.1, 0.15) is 43.9 Å². The maximum Gasteiger partial charge on any atom is 0.174 e. The number of anilines is 1. The van der Waals surface area contributed by atoms with E-state index in [9.17, 15) is 0 Å². The molecule has 0 amide bonds. The summed E-state index contributed by atoms with van der Waals surface area (Å²) in [5.41, 5.74) is 3.53. The second-order valence-corrected chi connectivity index (χ2v) is 7.71. The highest BCUT2D eigenvalue weighted by molar-refractivity contribution is 7.80. The molecule has 0 saturated carbocycles. The van der Waals surface area contributed by atoms with Crippen molar-refractivity contribution in [2.24, 2.45) is 0 Å². The zero-order chi connectivity index (χ0) is 19.1. The number of likely N-dealkylation sites (N-methyl/N-ethyl adjacent to an activating group) is 1. The van der Waals surface area contributed by atoms with E-state index >= 15 is 0 Å². The van der Waals surface area contributed by atoms with Crippen molar-refractivity contribution in [2.45, 2.75) is 32.7 Å². The average molecular weight is 372 g/mol. The van der Waals surface area contributed by atoms with Crippen molar-refractivity contribution in [1.82, 2.24) is 9.88 Å². The molecule has 0 aliphatic rings. The lowest BCUT2D eigenvalue weighted by molar-refractivity contribution is -0.857. The van der Waals surface area contributed by atoms with E-state index in [1.165, 1.54) is 16.0 Å². The van der Waals surface area contributed by atoms with Crippen LogP contribution in [0.2, 0.25) is 0 Å². The minimum absolute atomic E-state index is 0.165. The molecular formula is C21H31N4S+. The van der Waals surface area contributed by atoms with E-state index in [1.54, 1.807) is 6.20 Å². The van der Waals surface area contributed by atoms with E-state index in [0.29, 0.717) is 5.92 Å². The molecule has 0 spiro atoms. The predicted molar refractivity (Wildman–Crippen MR) is 114 cm³/mol. The van der Waals surface area contributed by atoms with Crippen LogP contribution >= 0.6 is 12.2 Å². The van der Waals surface area contributed by atoms with Gasteiger partial charge < -0.3 is 15.1 Å². The molecule has 26 heavy (non-hydrogen) atoms. The highest BCUT2D eigenvalue weighted by Gasteiger charge is 2.20. The number of thiocarbonyl (C=S) groups is 1. The first kappa shape index (κ1) is 20.3. The van der Waals surface area contributed by atoms with E-state index < -0.39 is 0 Å². The molecule has 1 heterocycles. The smallest absolute Gasteiger partial charge is 0.174 e. The van der Waals surface area contributed by atoms with Crippen LogP contribution in [0.3, 0.4) is 0 Å². The molecule has 1 aromatic carbocycles. The van der Waals surface area contributed by atoms with Gasteiger partial charge in [0.15, 0.2) is 5.11 Å². The Morgan fingerprint density at radius 2 is 1.81 bits per heavy atom. The first-order valence-corrected chi connectivity index (χ1v) is 9.66. The van der Waals surface area contributed by atoms with Gasteiger partial charge in [0.2, 0.25) is 0 Å². The molecular weight excluding hydrogens is 340 g/mol. The second-order valence-electron chi connectivity index (χ2n) is 7.32. The Morgan fingerprint density at radius 1 is 1.12 bits per heavy atom. The lowest BCUT2D eigenvalue weighted by Crippen LogP contribution is -3.06. The topological polar surface area (TPSA) is 32.6 Å². The quantitative estimate of drug-likeness (QED) is 0.733. The molecule has 0 saturated heterocycles. The maximum absolute atomic E-state index is 5.76. The summed E-state index contributed by atoms with van der Waals surface area (Å²) in [6.45, 7) is 8.48. The molecule has 0 fully saturated rings. The fraction of sp³-hybridized carbons (Fsp3) is 0.429. The second kappa shape index (κ2) is 9.64. The molecule has 1 unspecified atom stereocenters. The predicted octanol–water partition coefficient (Wildman–Crippen LogP) is 3.11. The lowest BCUT2D eigenvalue weighted by Gasteiger charge is -2.32. The van der Waals surface area contributed by atoms with Crippen molar-refractivity contribution in [1.29, 1.82) is 0 Å². The van der Waals surface area contributed by atoms with Gasteiger partial charge in [-0.05, 0) is 54.4 Å². The molecule has 0 radical (unpaired) electrons. The van der Waals surface area contributed by atoms with Crippen molar-refractivity contribution in [2.75, 3.05) is 32.5 Å². The largest absolute Gasteiger partial charge is 0.338 e. The number of aromatic nitrogens is 1. The van der Waals surface area contributed by atoms with Crippen molar-refractivity contribution >= 4 is 23.0 Å². The van der Waals surface area contributed by atoms with Gasteiger partial charge in [-0.1, -0.05) is 32.0 Å². The summed E-state index contributed by atoms with van der Waals surface area (Å²) in [6.07, 6.45) is 3.72. The van der Waals surface area contributed by atoms with Gasteiger partial charge in [0.1, 0.15) is 0 Å². The minimum Gasteiger partial charge on any atom is -0.338 e. The highest BCUT2D eigenvalue weighted by Crippen LogP contribution is 2.21. The number of quaternary nitrogens is 1. The first-order chi connectivity index (χ1) is 12.4. The van der Waals surface area contributed by atoms with Gasteiger partial charge in [-0.2, -0.15) is 0 Å². The van der Waals surface area contributed by atoms with Gasteiger partial charge in [-0.3, -0.25) is 4.98 Å². The van der Waals surface area contributed by atoms with Crippen molar-refractivity contribution in [3.63, 3.8) is 0 Å². The molecule has 0 aliphatic heterocycles. The zero-order valence-electron chi connectivity index (χ0n) is 16.5. The van der Waals surface area contributed by atoms with Crippen molar-refractivity contribution < 1.29 is 4.90 Å². The lowest BCUT2D eigenvalue weighted by atomic mass is 10.0. The fourth-order valence-electron chi connectivity index (χ4n) is 2.76. The average Bonchev–Trinajstić information content (AvgIpc) is 2.62. The van der Waals surface area contributed by atoms with E-state index in [2.05, 4.69) is 80.4 Å². The van der Waals surface area contributed by atoms with E-state index in [4.69, 9.17) is 12.2 Å².